The number of esters is 6. The van der Waals surface area contributed by atoms with Gasteiger partial charge in [-0.1, -0.05) is 117 Å². The highest BCUT2D eigenvalue weighted by Crippen LogP contribution is 2.15. The van der Waals surface area contributed by atoms with E-state index in [0.717, 1.165) is 57.3 Å². The van der Waals surface area contributed by atoms with Gasteiger partial charge in [-0.3, -0.25) is 14.4 Å². The summed E-state index contributed by atoms with van der Waals surface area (Å²) in [5.74, 6) is -0.510. The minimum absolute atomic E-state index is 0.123. The van der Waals surface area contributed by atoms with Crippen LogP contribution in [0, 0.1) is 17.8 Å². The lowest BCUT2D eigenvalue weighted by molar-refractivity contribution is -0.163. The predicted octanol–water partition coefficient (Wildman–Crippen LogP) is 10.5. The molecule has 2 rings (SSSR count). The van der Waals surface area contributed by atoms with Gasteiger partial charge in [-0.15, -0.1) is 0 Å². The molecule has 12 nitrogen and oxygen atoms in total. The molecule has 0 amide bonds. The maximum atomic E-state index is 12.3. The van der Waals surface area contributed by atoms with Crippen LogP contribution in [0.25, 0.3) is 0 Å². The summed E-state index contributed by atoms with van der Waals surface area (Å²) < 4.78 is 29.9. The highest BCUT2D eigenvalue weighted by atomic mass is 16.6. The Kier molecular flexibility index (Phi) is 32.3. The van der Waals surface area contributed by atoms with Crippen LogP contribution in [0.1, 0.15) is 170 Å². The highest BCUT2D eigenvalue weighted by Gasteiger charge is 2.19. The zero-order valence-corrected chi connectivity index (χ0v) is 37.9. The van der Waals surface area contributed by atoms with Crippen LogP contribution in [0.2, 0.25) is 0 Å². The molecule has 338 valence electrons. The molecule has 0 aromatic heterocycles. The highest BCUT2D eigenvalue weighted by molar-refractivity contribution is 6.03. The first-order valence-electron chi connectivity index (χ1n) is 21.6. The molecule has 0 aliphatic heterocycles. The monoisotopic (exact) mass is 843 g/mol. The fourth-order valence-corrected chi connectivity index (χ4v) is 5.41. The molecule has 2 aromatic carbocycles. The quantitative estimate of drug-likeness (QED) is 0.0502. The van der Waals surface area contributed by atoms with E-state index in [2.05, 4.69) is 51.0 Å². The van der Waals surface area contributed by atoms with Crippen LogP contribution in [0.15, 0.2) is 54.6 Å². The largest absolute Gasteiger partial charge is 0.462 e. The molecule has 0 unspecified atom stereocenters. The summed E-state index contributed by atoms with van der Waals surface area (Å²) in [5, 5.41) is 0. The van der Waals surface area contributed by atoms with Gasteiger partial charge in [0.25, 0.3) is 0 Å². The van der Waals surface area contributed by atoms with Crippen molar-refractivity contribution in [2.75, 3.05) is 33.0 Å². The molecule has 0 spiro atoms. The van der Waals surface area contributed by atoms with Gasteiger partial charge in [0.2, 0.25) is 0 Å². The number of benzene rings is 2. The van der Waals surface area contributed by atoms with Gasteiger partial charge in [0.05, 0.1) is 36.5 Å². The zero-order chi connectivity index (χ0) is 45.1. The second-order valence-corrected chi connectivity index (χ2v) is 15.9. The first-order valence-corrected chi connectivity index (χ1v) is 21.6. The molecule has 0 radical (unpaired) electrons. The van der Waals surface area contributed by atoms with Crippen molar-refractivity contribution in [3.8, 4) is 0 Å². The van der Waals surface area contributed by atoms with Crippen LogP contribution in [0.5, 0.6) is 0 Å². The Bertz CT molecular complexity index is 1420. The average Bonchev–Trinajstić information content (AvgIpc) is 3.19. The van der Waals surface area contributed by atoms with E-state index in [1.807, 2.05) is 18.2 Å². The van der Waals surface area contributed by atoms with Crippen molar-refractivity contribution in [3.05, 3.63) is 71.3 Å². The van der Waals surface area contributed by atoms with Gasteiger partial charge in [0.15, 0.2) is 6.10 Å². The minimum atomic E-state index is -0.754. The van der Waals surface area contributed by atoms with Crippen molar-refractivity contribution in [3.63, 3.8) is 0 Å². The second-order valence-electron chi connectivity index (χ2n) is 15.9. The lowest BCUT2D eigenvalue weighted by Crippen LogP contribution is -2.29. The SMILES string of the molecule is CC(=O)OCC(COC(C)=O)OC(C)=O.CC(C)CCCCCCCOC(=O)c1ccccc1.CC(C)CCCCOC(=O)c1ccccc1C(=O)OCCCCC(C)C. The molecular weight excluding hydrogens is 769 g/mol. The molecule has 0 bridgehead atoms. The molecule has 12 heteroatoms. The minimum Gasteiger partial charge on any atom is -0.462 e. The van der Waals surface area contributed by atoms with E-state index in [1.165, 1.54) is 46.5 Å². The fourth-order valence-electron chi connectivity index (χ4n) is 5.41. The van der Waals surface area contributed by atoms with Gasteiger partial charge >= 0.3 is 35.8 Å². The third kappa shape index (κ3) is 32.2. The molecule has 0 N–H and O–H groups in total. The van der Waals surface area contributed by atoms with Crippen LogP contribution in [0.4, 0.5) is 0 Å². The van der Waals surface area contributed by atoms with E-state index in [9.17, 15) is 28.8 Å². The number of carbonyl (C=O) groups excluding carboxylic acids is 6. The zero-order valence-electron chi connectivity index (χ0n) is 37.9. The maximum absolute atomic E-state index is 12.3. The van der Waals surface area contributed by atoms with Crippen LogP contribution in [-0.2, 0) is 42.8 Å². The second kappa shape index (κ2) is 35.1. The van der Waals surface area contributed by atoms with Crippen molar-refractivity contribution in [2.45, 2.75) is 145 Å². The third-order valence-corrected chi connectivity index (χ3v) is 8.63. The predicted molar refractivity (Wildman–Crippen MR) is 232 cm³/mol. The molecular formula is C48H74O12. The Morgan fingerprint density at radius 3 is 1.17 bits per heavy atom. The summed E-state index contributed by atoms with van der Waals surface area (Å²) in [4.78, 5) is 67.9. The van der Waals surface area contributed by atoms with Crippen molar-refractivity contribution in [2.24, 2.45) is 17.8 Å². The van der Waals surface area contributed by atoms with Crippen LogP contribution in [-0.4, -0.2) is 75.0 Å². The number of unbranched alkanes of at least 4 members (excludes halogenated alkanes) is 6. The Hall–Kier alpha value is -4.74. The fraction of sp³-hybridized carbons (Fsp3) is 0.625. The smallest absolute Gasteiger partial charge is 0.339 e. The summed E-state index contributed by atoms with van der Waals surface area (Å²) >= 11 is 0. The number of carbonyl (C=O) groups is 6. The van der Waals surface area contributed by atoms with E-state index >= 15 is 0 Å². The topological polar surface area (TPSA) is 158 Å². The lowest BCUT2D eigenvalue weighted by atomic mass is 10.0. The van der Waals surface area contributed by atoms with Gasteiger partial charge < -0.3 is 28.4 Å². The van der Waals surface area contributed by atoms with E-state index in [-0.39, 0.29) is 30.3 Å². The molecule has 60 heavy (non-hydrogen) atoms. The van der Waals surface area contributed by atoms with Crippen molar-refractivity contribution >= 4 is 35.8 Å². The number of rotatable bonds is 26. The molecule has 0 aliphatic carbocycles. The van der Waals surface area contributed by atoms with Crippen molar-refractivity contribution in [1.29, 1.82) is 0 Å². The van der Waals surface area contributed by atoms with Gasteiger partial charge in [-0.05, 0) is 74.1 Å². The summed E-state index contributed by atoms with van der Waals surface area (Å²) in [6.45, 7) is 18.0. The normalized spacial score (nSPS) is 10.6. The number of hydrogen-bond donors (Lipinski definition) is 0. The van der Waals surface area contributed by atoms with Gasteiger partial charge in [-0.25, -0.2) is 14.4 Å². The molecule has 0 aliphatic rings. The van der Waals surface area contributed by atoms with E-state index in [4.69, 9.17) is 18.9 Å². The van der Waals surface area contributed by atoms with E-state index in [1.54, 1.807) is 36.4 Å². The Balaban J connectivity index is 0.000000908. The average molecular weight is 843 g/mol. The van der Waals surface area contributed by atoms with Crippen LogP contribution < -0.4 is 0 Å². The maximum Gasteiger partial charge on any atom is 0.339 e. The van der Waals surface area contributed by atoms with Crippen LogP contribution in [0.3, 0.4) is 0 Å². The van der Waals surface area contributed by atoms with Gasteiger partial charge in [0.1, 0.15) is 13.2 Å². The molecule has 0 heterocycles. The lowest BCUT2D eigenvalue weighted by Gasteiger charge is -2.15. The van der Waals surface area contributed by atoms with Gasteiger partial charge in [0, 0.05) is 20.8 Å². The molecule has 0 saturated heterocycles. The molecule has 0 atom stereocenters. The summed E-state index contributed by atoms with van der Waals surface area (Å²) in [6.07, 6.45) is 12.5. The number of hydrogen-bond acceptors (Lipinski definition) is 12. The first kappa shape index (κ1) is 55.3. The molecule has 2 aromatic rings. The Morgan fingerprint density at radius 1 is 0.417 bits per heavy atom. The molecule has 0 fully saturated rings. The molecule has 0 saturated carbocycles. The van der Waals surface area contributed by atoms with Crippen molar-refractivity contribution in [1.82, 2.24) is 0 Å². The van der Waals surface area contributed by atoms with Crippen molar-refractivity contribution < 1.29 is 57.2 Å². The summed E-state index contributed by atoms with van der Waals surface area (Å²) in [5.41, 5.74) is 1.20. The third-order valence-electron chi connectivity index (χ3n) is 8.63. The standard InChI is InChI=1S/C22H34O4.C17H26O2.C9H14O6/c1-17(2)11-7-9-15-25-21(23)19-13-5-6-14-20(19)22(24)26-16-10-8-12-18(3)4;1-15(2)11-7-4-3-5-10-14-19-17(18)16-12-8-6-9-13-16;1-6(10)13-4-9(15-8(3)12)5-14-7(2)11/h5-6,13-14,17-18H,7-12,15-16H2,1-4H3;6,8-9,12-13,15H,3-5,7,10-11,14H2,1-2H3;9H,4-5H2,1-3H3. The number of ether oxygens (including phenoxy) is 6. The van der Waals surface area contributed by atoms with Crippen LogP contribution >= 0.6 is 0 Å². The first-order chi connectivity index (χ1) is 28.5. The Morgan fingerprint density at radius 2 is 0.767 bits per heavy atom. The Labute approximate surface area is 359 Å². The van der Waals surface area contributed by atoms with E-state index in [0.29, 0.717) is 37.2 Å². The van der Waals surface area contributed by atoms with Gasteiger partial charge in [-0.2, -0.15) is 0 Å². The summed E-state index contributed by atoms with van der Waals surface area (Å²) in [7, 11) is 0. The van der Waals surface area contributed by atoms with E-state index < -0.39 is 36.0 Å². The summed E-state index contributed by atoms with van der Waals surface area (Å²) in [6, 6.07) is 15.9.